The summed E-state index contributed by atoms with van der Waals surface area (Å²) in [5.41, 5.74) is 6.35. The number of hydrogen-bond donors (Lipinski definition) is 2. The lowest BCUT2D eigenvalue weighted by Crippen LogP contribution is -2.08. The Labute approximate surface area is 82.1 Å². The van der Waals surface area contributed by atoms with Gasteiger partial charge in [-0.3, -0.25) is 5.84 Å². The number of nitrogen functional groups attached to an aromatic ring is 1. The molecule has 2 heterocycles. The normalized spacial score (nSPS) is 10.5. The van der Waals surface area contributed by atoms with Crippen LogP contribution in [0.2, 0.25) is 0 Å². The summed E-state index contributed by atoms with van der Waals surface area (Å²) in [6.45, 7) is 3.98. The fourth-order valence-corrected chi connectivity index (χ4v) is 1.63. The van der Waals surface area contributed by atoms with E-state index in [2.05, 4.69) is 15.4 Å². The first-order valence-corrected chi connectivity index (χ1v) is 4.42. The molecular weight excluding hydrogens is 176 g/mol. The highest BCUT2D eigenvalue weighted by atomic mass is 15.2. The number of nitrogens with one attached hydrogen (secondary N) is 1. The first-order valence-electron chi connectivity index (χ1n) is 4.42. The van der Waals surface area contributed by atoms with Gasteiger partial charge in [0.05, 0.1) is 5.69 Å². The topological polar surface area (TPSA) is 63.8 Å². The minimum absolute atomic E-state index is 0.734. The highest BCUT2D eigenvalue weighted by molar-refractivity contribution is 5.91. The van der Waals surface area contributed by atoms with E-state index in [0.29, 0.717) is 0 Å². The Bertz CT molecular complexity index is 479. The largest absolute Gasteiger partial charge is 0.323 e. The molecule has 0 amide bonds. The molecule has 0 aromatic carbocycles. The number of nitrogens with two attached hydrogens (primary N) is 1. The van der Waals surface area contributed by atoms with Crippen LogP contribution >= 0.6 is 0 Å². The highest BCUT2D eigenvalue weighted by Gasteiger charge is 2.05. The summed E-state index contributed by atoms with van der Waals surface area (Å²) in [6, 6.07) is 3.86. The second kappa shape index (κ2) is 3.23. The predicted molar refractivity (Wildman–Crippen MR) is 56.8 cm³/mol. The molecule has 0 spiro atoms. The molecular formula is C10H12N4. The van der Waals surface area contributed by atoms with Gasteiger partial charge in [0.15, 0.2) is 5.65 Å². The summed E-state index contributed by atoms with van der Waals surface area (Å²) in [4.78, 5) is 8.54. The standard InChI is InChI=1S/C10H12N4/c1-6-5-7(2)13-10-9(6)8(14-11)3-4-12-10/h3-5H,11H2,1-2H3,(H,12,13,14). The SMILES string of the molecule is Cc1cc(C)c2c(NN)ccnc2n1. The molecule has 72 valence electrons. The number of aryl methyl sites for hydroxylation is 2. The van der Waals surface area contributed by atoms with Crippen molar-refractivity contribution in [3.8, 4) is 0 Å². The summed E-state index contributed by atoms with van der Waals surface area (Å²) in [7, 11) is 0. The summed E-state index contributed by atoms with van der Waals surface area (Å²) in [6.07, 6.45) is 1.70. The molecule has 0 unspecified atom stereocenters. The smallest absolute Gasteiger partial charge is 0.161 e. The summed E-state index contributed by atoms with van der Waals surface area (Å²) < 4.78 is 0. The van der Waals surface area contributed by atoms with E-state index in [1.54, 1.807) is 6.20 Å². The molecule has 2 aromatic rings. The van der Waals surface area contributed by atoms with E-state index >= 15 is 0 Å². The van der Waals surface area contributed by atoms with Crippen molar-refractivity contribution < 1.29 is 0 Å². The van der Waals surface area contributed by atoms with E-state index in [1.165, 1.54) is 0 Å². The van der Waals surface area contributed by atoms with E-state index in [-0.39, 0.29) is 0 Å². The van der Waals surface area contributed by atoms with Gasteiger partial charge in [0, 0.05) is 17.3 Å². The van der Waals surface area contributed by atoms with Crippen LogP contribution in [-0.2, 0) is 0 Å². The van der Waals surface area contributed by atoms with Crippen molar-refractivity contribution in [3.63, 3.8) is 0 Å². The van der Waals surface area contributed by atoms with Crippen molar-refractivity contribution in [2.45, 2.75) is 13.8 Å². The van der Waals surface area contributed by atoms with E-state index in [1.807, 2.05) is 26.0 Å². The van der Waals surface area contributed by atoms with Gasteiger partial charge in [-0.25, -0.2) is 9.97 Å². The van der Waals surface area contributed by atoms with Crippen molar-refractivity contribution in [3.05, 3.63) is 29.6 Å². The quantitative estimate of drug-likeness (QED) is 0.526. The maximum atomic E-state index is 5.42. The van der Waals surface area contributed by atoms with Gasteiger partial charge < -0.3 is 5.43 Å². The lowest BCUT2D eigenvalue weighted by molar-refractivity contribution is 1.18. The van der Waals surface area contributed by atoms with Crippen LogP contribution in [0, 0.1) is 13.8 Å². The van der Waals surface area contributed by atoms with Gasteiger partial charge in [0.1, 0.15) is 0 Å². The second-order valence-electron chi connectivity index (χ2n) is 3.28. The molecule has 0 aliphatic carbocycles. The number of nitrogens with zero attached hydrogens (tertiary/aromatic N) is 2. The Hall–Kier alpha value is -1.68. The molecule has 3 N–H and O–H groups in total. The zero-order valence-electron chi connectivity index (χ0n) is 8.20. The number of pyridine rings is 2. The Morgan fingerprint density at radius 1 is 1.36 bits per heavy atom. The molecule has 4 heteroatoms. The lowest BCUT2D eigenvalue weighted by atomic mass is 10.1. The number of hydrazine groups is 1. The third-order valence-electron chi connectivity index (χ3n) is 2.19. The maximum Gasteiger partial charge on any atom is 0.161 e. The Morgan fingerprint density at radius 2 is 2.14 bits per heavy atom. The summed E-state index contributed by atoms with van der Waals surface area (Å²) in [5, 5.41) is 0.987. The van der Waals surface area contributed by atoms with Gasteiger partial charge in [-0.05, 0) is 31.5 Å². The maximum absolute atomic E-state index is 5.42. The Balaban J connectivity index is 2.87. The molecule has 0 fully saturated rings. The van der Waals surface area contributed by atoms with Crippen molar-refractivity contribution >= 4 is 16.7 Å². The highest BCUT2D eigenvalue weighted by Crippen LogP contribution is 2.23. The van der Waals surface area contributed by atoms with E-state index in [0.717, 1.165) is 28.0 Å². The molecule has 0 aliphatic rings. The van der Waals surface area contributed by atoms with Crippen molar-refractivity contribution in [1.82, 2.24) is 9.97 Å². The average molecular weight is 188 g/mol. The third-order valence-corrected chi connectivity index (χ3v) is 2.19. The Morgan fingerprint density at radius 3 is 2.86 bits per heavy atom. The van der Waals surface area contributed by atoms with E-state index in [9.17, 15) is 0 Å². The van der Waals surface area contributed by atoms with E-state index < -0.39 is 0 Å². The molecule has 0 aliphatic heterocycles. The predicted octanol–water partition coefficient (Wildman–Crippen LogP) is 1.53. The zero-order valence-corrected chi connectivity index (χ0v) is 8.20. The first kappa shape index (κ1) is 8.90. The number of rotatable bonds is 1. The molecule has 2 rings (SSSR count). The molecule has 2 aromatic heterocycles. The molecule has 0 radical (unpaired) electrons. The number of hydrogen-bond acceptors (Lipinski definition) is 4. The molecule has 14 heavy (non-hydrogen) atoms. The fourth-order valence-electron chi connectivity index (χ4n) is 1.63. The van der Waals surface area contributed by atoms with Crippen LogP contribution in [0.3, 0.4) is 0 Å². The number of aromatic nitrogens is 2. The second-order valence-corrected chi connectivity index (χ2v) is 3.28. The van der Waals surface area contributed by atoms with Gasteiger partial charge in [0.25, 0.3) is 0 Å². The van der Waals surface area contributed by atoms with Gasteiger partial charge in [-0.1, -0.05) is 0 Å². The van der Waals surface area contributed by atoms with Gasteiger partial charge >= 0.3 is 0 Å². The molecule has 4 nitrogen and oxygen atoms in total. The lowest BCUT2D eigenvalue weighted by Gasteiger charge is -2.07. The third kappa shape index (κ3) is 1.29. The van der Waals surface area contributed by atoms with Crippen molar-refractivity contribution in [2.75, 3.05) is 5.43 Å². The van der Waals surface area contributed by atoms with Gasteiger partial charge in [0.2, 0.25) is 0 Å². The van der Waals surface area contributed by atoms with Crippen LogP contribution in [-0.4, -0.2) is 9.97 Å². The van der Waals surface area contributed by atoms with Gasteiger partial charge in [-0.15, -0.1) is 0 Å². The number of fused-ring (bicyclic) bond motifs is 1. The molecule has 0 bridgehead atoms. The number of anilines is 1. The van der Waals surface area contributed by atoms with Crippen LogP contribution in [0.15, 0.2) is 18.3 Å². The molecule has 0 saturated carbocycles. The monoisotopic (exact) mass is 188 g/mol. The van der Waals surface area contributed by atoms with Crippen LogP contribution in [0.4, 0.5) is 5.69 Å². The van der Waals surface area contributed by atoms with Crippen molar-refractivity contribution in [2.24, 2.45) is 5.84 Å². The minimum atomic E-state index is 0.734. The molecule has 0 atom stereocenters. The first-order chi connectivity index (χ1) is 6.72. The van der Waals surface area contributed by atoms with Crippen LogP contribution in [0.5, 0.6) is 0 Å². The summed E-state index contributed by atoms with van der Waals surface area (Å²) in [5.74, 6) is 5.42. The van der Waals surface area contributed by atoms with Crippen LogP contribution < -0.4 is 11.3 Å². The Kier molecular flexibility index (Phi) is 2.05. The molecule has 0 saturated heterocycles. The van der Waals surface area contributed by atoms with Crippen molar-refractivity contribution in [1.29, 1.82) is 0 Å². The zero-order chi connectivity index (χ0) is 10.1. The minimum Gasteiger partial charge on any atom is -0.323 e. The average Bonchev–Trinajstić information content (AvgIpc) is 2.16. The van der Waals surface area contributed by atoms with E-state index in [4.69, 9.17) is 5.84 Å². The fraction of sp³-hybridized carbons (Fsp3) is 0.200. The summed E-state index contributed by atoms with van der Waals surface area (Å²) >= 11 is 0. The van der Waals surface area contributed by atoms with Crippen LogP contribution in [0.1, 0.15) is 11.3 Å². The van der Waals surface area contributed by atoms with Gasteiger partial charge in [-0.2, -0.15) is 0 Å². The van der Waals surface area contributed by atoms with Crippen LogP contribution in [0.25, 0.3) is 11.0 Å².